The predicted octanol–water partition coefficient (Wildman–Crippen LogP) is 0.976. The lowest BCUT2D eigenvalue weighted by Gasteiger charge is -2.26. The number of anilines is 1. The van der Waals surface area contributed by atoms with Crippen LogP contribution in [0.4, 0.5) is 11.4 Å². The zero-order valence-electron chi connectivity index (χ0n) is 10.4. The zero-order valence-corrected chi connectivity index (χ0v) is 10.4. The largest absolute Gasteiger partial charge is 0.377 e. The summed E-state index contributed by atoms with van der Waals surface area (Å²) in [4.78, 5) is 10.6. The normalized spacial score (nSPS) is 17.5. The third kappa shape index (κ3) is 2.43. The van der Waals surface area contributed by atoms with Crippen LogP contribution in [0.15, 0.2) is 18.2 Å². The molecule has 0 bridgehead atoms. The van der Waals surface area contributed by atoms with Crippen LogP contribution in [0.2, 0.25) is 0 Å². The van der Waals surface area contributed by atoms with Crippen molar-refractivity contribution in [2.45, 2.75) is 12.5 Å². The molecule has 9 heteroatoms. The number of nitrogens with one attached hydrogen (secondary N) is 2. The molecule has 0 radical (unpaired) electrons. The summed E-state index contributed by atoms with van der Waals surface area (Å²) in [5.41, 5.74) is 1.12. The standard InChI is InChI=1S/C11H12N6O3/c18-17(19)10-2-1-7(11-13-15-16-14-11)5-9(10)12-6-8-3-4-20-8/h1-2,5,8,12H,3-4,6H2,(H,13,14,15,16)/t8-/m0/s1. The number of benzene rings is 1. The number of aromatic amines is 1. The lowest BCUT2D eigenvalue weighted by molar-refractivity contribution is -0.384. The fourth-order valence-corrected chi connectivity index (χ4v) is 1.93. The summed E-state index contributed by atoms with van der Waals surface area (Å²) in [6.07, 6.45) is 1.08. The van der Waals surface area contributed by atoms with Crippen LogP contribution in [0.5, 0.6) is 0 Å². The third-order valence-electron chi connectivity index (χ3n) is 3.13. The first kappa shape index (κ1) is 12.5. The fraction of sp³-hybridized carbons (Fsp3) is 0.364. The van der Waals surface area contributed by atoms with Gasteiger partial charge in [0.25, 0.3) is 5.69 Å². The summed E-state index contributed by atoms with van der Waals surface area (Å²) >= 11 is 0. The maximum Gasteiger partial charge on any atom is 0.292 e. The second-order valence-corrected chi connectivity index (χ2v) is 4.40. The molecule has 20 heavy (non-hydrogen) atoms. The molecule has 2 aromatic rings. The van der Waals surface area contributed by atoms with Crippen LogP contribution in [-0.2, 0) is 4.74 Å². The molecule has 1 aliphatic rings. The van der Waals surface area contributed by atoms with Crippen molar-refractivity contribution in [1.29, 1.82) is 0 Å². The van der Waals surface area contributed by atoms with Crippen LogP contribution in [0, 0.1) is 10.1 Å². The quantitative estimate of drug-likeness (QED) is 0.617. The van der Waals surface area contributed by atoms with Crippen LogP contribution in [-0.4, -0.2) is 44.8 Å². The predicted molar refractivity (Wildman–Crippen MR) is 69.1 cm³/mol. The van der Waals surface area contributed by atoms with Crippen molar-refractivity contribution in [3.8, 4) is 11.4 Å². The minimum atomic E-state index is -0.424. The average molecular weight is 276 g/mol. The first-order valence-corrected chi connectivity index (χ1v) is 6.12. The Hall–Kier alpha value is -2.55. The van der Waals surface area contributed by atoms with E-state index in [4.69, 9.17) is 4.74 Å². The van der Waals surface area contributed by atoms with E-state index in [1.54, 1.807) is 12.1 Å². The van der Waals surface area contributed by atoms with Crippen LogP contribution in [0.25, 0.3) is 11.4 Å². The third-order valence-corrected chi connectivity index (χ3v) is 3.13. The van der Waals surface area contributed by atoms with E-state index in [0.717, 1.165) is 13.0 Å². The van der Waals surface area contributed by atoms with Gasteiger partial charge in [-0.3, -0.25) is 10.1 Å². The van der Waals surface area contributed by atoms with E-state index in [-0.39, 0.29) is 11.8 Å². The molecule has 3 rings (SSSR count). The molecule has 2 N–H and O–H groups in total. The molecular weight excluding hydrogens is 264 g/mol. The Morgan fingerprint density at radius 3 is 3.00 bits per heavy atom. The van der Waals surface area contributed by atoms with E-state index in [1.165, 1.54) is 6.07 Å². The van der Waals surface area contributed by atoms with Gasteiger partial charge >= 0.3 is 0 Å². The number of aromatic nitrogens is 4. The molecule has 1 atom stereocenters. The lowest BCUT2D eigenvalue weighted by Crippen LogP contribution is -2.33. The van der Waals surface area contributed by atoms with Gasteiger partial charge in [-0.15, -0.1) is 5.10 Å². The Morgan fingerprint density at radius 1 is 1.55 bits per heavy atom. The first-order valence-electron chi connectivity index (χ1n) is 6.12. The molecular formula is C11H12N6O3. The average Bonchev–Trinajstić information content (AvgIpc) is 2.90. The molecule has 1 aromatic carbocycles. The Labute approximate surface area is 113 Å². The maximum absolute atomic E-state index is 11.0. The summed E-state index contributed by atoms with van der Waals surface area (Å²) in [6.45, 7) is 1.29. The van der Waals surface area contributed by atoms with Gasteiger partial charge < -0.3 is 10.1 Å². The lowest BCUT2D eigenvalue weighted by atomic mass is 10.1. The van der Waals surface area contributed by atoms with Gasteiger partial charge in [-0.05, 0) is 29.0 Å². The van der Waals surface area contributed by atoms with E-state index >= 15 is 0 Å². The summed E-state index contributed by atoms with van der Waals surface area (Å²) in [5, 5.41) is 27.5. The van der Waals surface area contributed by atoms with Gasteiger partial charge in [0.05, 0.1) is 11.0 Å². The van der Waals surface area contributed by atoms with E-state index in [2.05, 4.69) is 25.9 Å². The van der Waals surface area contributed by atoms with E-state index in [0.29, 0.717) is 23.6 Å². The van der Waals surface area contributed by atoms with Gasteiger partial charge in [-0.25, -0.2) is 5.10 Å². The number of nitrogens with zero attached hydrogens (tertiary/aromatic N) is 4. The molecule has 0 aliphatic carbocycles. The molecule has 1 saturated heterocycles. The fourth-order valence-electron chi connectivity index (χ4n) is 1.93. The molecule has 2 heterocycles. The molecule has 1 aliphatic heterocycles. The summed E-state index contributed by atoms with van der Waals surface area (Å²) in [7, 11) is 0. The number of rotatable bonds is 5. The molecule has 1 fully saturated rings. The van der Waals surface area contributed by atoms with Crippen molar-refractivity contribution in [3.05, 3.63) is 28.3 Å². The molecule has 0 spiro atoms. The number of hydrogen-bond donors (Lipinski definition) is 2. The summed E-state index contributed by atoms with van der Waals surface area (Å²) < 4.78 is 5.28. The van der Waals surface area contributed by atoms with Crippen molar-refractivity contribution in [2.24, 2.45) is 0 Å². The molecule has 1 aromatic heterocycles. The highest BCUT2D eigenvalue weighted by atomic mass is 16.6. The van der Waals surface area contributed by atoms with Crippen molar-refractivity contribution in [2.75, 3.05) is 18.5 Å². The Kier molecular flexibility index (Phi) is 3.25. The smallest absolute Gasteiger partial charge is 0.292 e. The number of nitro groups is 1. The van der Waals surface area contributed by atoms with Crippen LogP contribution < -0.4 is 5.32 Å². The van der Waals surface area contributed by atoms with Crippen LogP contribution in [0.1, 0.15) is 6.42 Å². The van der Waals surface area contributed by atoms with Crippen molar-refractivity contribution in [3.63, 3.8) is 0 Å². The molecule has 0 unspecified atom stereocenters. The topological polar surface area (TPSA) is 119 Å². The molecule has 104 valence electrons. The highest BCUT2D eigenvalue weighted by Crippen LogP contribution is 2.29. The number of tetrazole rings is 1. The van der Waals surface area contributed by atoms with Crippen molar-refractivity contribution in [1.82, 2.24) is 20.6 Å². The van der Waals surface area contributed by atoms with E-state index in [9.17, 15) is 10.1 Å². The Morgan fingerprint density at radius 2 is 2.40 bits per heavy atom. The van der Waals surface area contributed by atoms with Gasteiger partial charge in [0.2, 0.25) is 0 Å². The number of H-pyrrole nitrogens is 1. The highest BCUT2D eigenvalue weighted by molar-refractivity contribution is 5.70. The zero-order chi connectivity index (χ0) is 13.9. The second-order valence-electron chi connectivity index (χ2n) is 4.40. The molecule has 0 saturated carbocycles. The summed E-state index contributed by atoms with van der Waals surface area (Å²) in [6, 6.07) is 4.69. The van der Waals surface area contributed by atoms with Gasteiger partial charge in [0, 0.05) is 24.8 Å². The molecule has 9 nitrogen and oxygen atoms in total. The van der Waals surface area contributed by atoms with Gasteiger partial charge in [0.1, 0.15) is 5.69 Å². The minimum absolute atomic E-state index is 0.0144. The summed E-state index contributed by atoms with van der Waals surface area (Å²) in [5.74, 6) is 0.461. The number of nitro benzene ring substituents is 1. The minimum Gasteiger partial charge on any atom is -0.377 e. The Bertz CT molecular complexity index is 611. The van der Waals surface area contributed by atoms with Gasteiger partial charge in [-0.2, -0.15) is 0 Å². The van der Waals surface area contributed by atoms with Gasteiger partial charge in [-0.1, -0.05) is 0 Å². The first-order chi connectivity index (χ1) is 9.74. The number of ether oxygens (including phenoxy) is 1. The van der Waals surface area contributed by atoms with E-state index < -0.39 is 4.92 Å². The SMILES string of the molecule is O=[N+]([O-])c1ccc(-c2nnn[nH]2)cc1NC[C@@H]1CCO1. The second kappa shape index (κ2) is 5.21. The monoisotopic (exact) mass is 276 g/mol. The van der Waals surface area contributed by atoms with Crippen LogP contribution >= 0.6 is 0 Å². The Balaban J connectivity index is 1.86. The highest BCUT2D eigenvalue weighted by Gasteiger charge is 2.20. The van der Waals surface area contributed by atoms with Gasteiger partial charge in [0.15, 0.2) is 5.82 Å². The molecule has 0 amide bonds. The van der Waals surface area contributed by atoms with E-state index in [1.807, 2.05) is 0 Å². The van der Waals surface area contributed by atoms with Crippen LogP contribution in [0.3, 0.4) is 0 Å². The van der Waals surface area contributed by atoms with Crippen molar-refractivity contribution >= 4 is 11.4 Å². The maximum atomic E-state index is 11.0. The van der Waals surface area contributed by atoms with Crippen molar-refractivity contribution < 1.29 is 9.66 Å². The number of hydrogen-bond acceptors (Lipinski definition) is 7.